The molecule has 1 aliphatic rings. The maximum absolute atomic E-state index is 11.4. The van der Waals surface area contributed by atoms with Gasteiger partial charge in [-0.3, -0.25) is 14.6 Å². The second kappa shape index (κ2) is 4.78. The molecule has 0 atom stereocenters. The van der Waals surface area contributed by atoms with E-state index in [-0.39, 0.29) is 0 Å². The van der Waals surface area contributed by atoms with Crippen molar-refractivity contribution in [2.24, 2.45) is 10.9 Å². The van der Waals surface area contributed by atoms with Crippen LogP contribution in [0.3, 0.4) is 0 Å². The SMILES string of the molecule is CC1OC(=O)C(C=Nc2ccccc2)C(=O)O1. The van der Waals surface area contributed by atoms with E-state index in [1.807, 2.05) is 18.2 Å². The minimum absolute atomic E-state index is 0.631. The van der Waals surface area contributed by atoms with Crippen LogP contribution < -0.4 is 0 Å². The topological polar surface area (TPSA) is 65.0 Å². The van der Waals surface area contributed by atoms with E-state index in [1.54, 1.807) is 12.1 Å². The zero-order valence-corrected chi connectivity index (χ0v) is 9.20. The zero-order valence-electron chi connectivity index (χ0n) is 9.20. The van der Waals surface area contributed by atoms with Crippen LogP contribution in [0.25, 0.3) is 0 Å². The molecule has 0 spiro atoms. The number of aliphatic imine (C=N–C) groups is 1. The van der Waals surface area contributed by atoms with Crippen LogP contribution in [0.4, 0.5) is 5.69 Å². The normalized spacial score (nSPS) is 24.5. The molecule has 0 aliphatic carbocycles. The van der Waals surface area contributed by atoms with E-state index < -0.39 is 24.1 Å². The van der Waals surface area contributed by atoms with Crippen molar-refractivity contribution >= 4 is 23.8 Å². The summed E-state index contributed by atoms with van der Waals surface area (Å²) in [6.45, 7) is 1.49. The van der Waals surface area contributed by atoms with E-state index in [9.17, 15) is 9.59 Å². The number of para-hydroxylation sites is 1. The van der Waals surface area contributed by atoms with Gasteiger partial charge in [-0.25, -0.2) is 0 Å². The van der Waals surface area contributed by atoms with Gasteiger partial charge in [-0.15, -0.1) is 0 Å². The molecule has 0 saturated carbocycles. The molecule has 5 heteroatoms. The standard InChI is InChI=1S/C12H11NO4/c1-8-16-11(14)10(12(15)17-8)7-13-9-5-3-2-4-6-9/h2-8,10H,1H3. The van der Waals surface area contributed by atoms with Crippen molar-refractivity contribution in [1.82, 2.24) is 0 Å². The predicted molar refractivity (Wildman–Crippen MR) is 59.7 cm³/mol. The van der Waals surface area contributed by atoms with E-state index in [0.717, 1.165) is 0 Å². The molecule has 0 N–H and O–H groups in total. The zero-order chi connectivity index (χ0) is 12.3. The predicted octanol–water partition coefficient (Wildman–Crippen LogP) is 1.45. The van der Waals surface area contributed by atoms with Crippen LogP contribution in [0, 0.1) is 5.92 Å². The number of hydrogen-bond acceptors (Lipinski definition) is 5. The quantitative estimate of drug-likeness (QED) is 0.440. The van der Waals surface area contributed by atoms with Crippen molar-refractivity contribution in [1.29, 1.82) is 0 Å². The lowest BCUT2D eigenvalue weighted by atomic mass is 10.1. The van der Waals surface area contributed by atoms with Gasteiger partial charge in [-0.1, -0.05) is 18.2 Å². The molecule has 0 aromatic heterocycles. The first-order valence-electron chi connectivity index (χ1n) is 5.17. The second-order valence-electron chi connectivity index (χ2n) is 3.53. The van der Waals surface area contributed by atoms with Crippen molar-refractivity contribution in [3.63, 3.8) is 0 Å². The van der Waals surface area contributed by atoms with Gasteiger partial charge in [0.05, 0.1) is 5.69 Å². The van der Waals surface area contributed by atoms with E-state index >= 15 is 0 Å². The molecule has 1 aliphatic heterocycles. The fourth-order valence-electron chi connectivity index (χ4n) is 1.39. The highest BCUT2D eigenvalue weighted by atomic mass is 16.7. The molecule has 1 fully saturated rings. The molecule has 2 rings (SSSR count). The Labute approximate surface area is 98.1 Å². The third-order valence-electron chi connectivity index (χ3n) is 2.20. The first-order valence-corrected chi connectivity index (χ1v) is 5.17. The molecule has 88 valence electrons. The maximum atomic E-state index is 11.4. The summed E-state index contributed by atoms with van der Waals surface area (Å²) in [5.41, 5.74) is 0.659. The van der Waals surface area contributed by atoms with Gasteiger partial charge in [0.2, 0.25) is 6.29 Å². The summed E-state index contributed by atoms with van der Waals surface area (Å²) in [7, 11) is 0. The summed E-state index contributed by atoms with van der Waals surface area (Å²) in [5, 5.41) is 0. The molecule has 0 radical (unpaired) electrons. The number of ether oxygens (including phenoxy) is 2. The summed E-state index contributed by atoms with van der Waals surface area (Å²) >= 11 is 0. The van der Waals surface area contributed by atoms with Crippen LogP contribution in [-0.2, 0) is 19.1 Å². The number of cyclic esters (lactones) is 2. The van der Waals surface area contributed by atoms with Gasteiger partial charge in [0.25, 0.3) is 0 Å². The molecule has 1 aromatic carbocycles. The van der Waals surface area contributed by atoms with Crippen LogP contribution >= 0.6 is 0 Å². The van der Waals surface area contributed by atoms with Gasteiger partial charge < -0.3 is 9.47 Å². The largest absolute Gasteiger partial charge is 0.425 e. The molecule has 0 unspecified atom stereocenters. The van der Waals surface area contributed by atoms with Gasteiger partial charge in [0.1, 0.15) is 0 Å². The minimum Gasteiger partial charge on any atom is -0.425 e. The smallest absolute Gasteiger partial charge is 0.328 e. The highest BCUT2D eigenvalue weighted by Crippen LogP contribution is 2.15. The van der Waals surface area contributed by atoms with E-state index in [2.05, 4.69) is 4.99 Å². The molecule has 0 amide bonds. The number of hydrogen-bond donors (Lipinski definition) is 0. The average Bonchev–Trinajstić information content (AvgIpc) is 2.29. The first-order chi connectivity index (χ1) is 8.16. The Morgan fingerprint density at radius 3 is 2.29 bits per heavy atom. The number of nitrogens with zero attached hydrogens (tertiary/aromatic N) is 1. The number of benzene rings is 1. The first kappa shape index (κ1) is 11.3. The fourth-order valence-corrected chi connectivity index (χ4v) is 1.39. The van der Waals surface area contributed by atoms with Gasteiger partial charge in [0.15, 0.2) is 5.92 Å². The van der Waals surface area contributed by atoms with Crippen LogP contribution in [-0.4, -0.2) is 24.4 Å². The van der Waals surface area contributed by atoms with Crippen LogP contribution in [0.1, 0.15) is 6.92 Å². The molecular formula is C12H11NO4. The number of carbonyl (C=O) groups is 2. The Morgan fingerprint density at radius 1 is 1.12 bits per heavy atom. The third kappa shape index (κ3) is 2.69. The number of esters is 2. The van der Waals surface area contributed by atoms with Crippen LogP contribution in [0.5, 0.6) is 0 Å². The van der Waals surface area contributed by atoms with Gasteiger partial charge in [-0.05, 0) is 12.1 Å². The Morgan fingerprint density at radius 2 is 1.71 bits per heavy atom. The van der Waals surface area contributed by atoms with Gasteiger partial charge in [0, 0.05) is 13.1 Å². The third-order valence-corrected chi connectivity index (χ3v) is 2.20. The number of carbonyl (C=O) groups excluding carboxylic acids is 2. The Bertz CT molecular complexity index is 437. The molecule has 1 heterocycles. The Balaban J connectivity index is 2.10. The molecule has 1 aromatic rings. The molecule has 5 nitrogen and oxygen atoms in total. The Hall–Kier alpha value is -2.17. The summed E-state index contributed by atoms with van der Waals surface area (Å²) in [4.78, 5) is 26.9. The van der Waals surface area contributed by atoms with Crippen molar-refractivity contribution in [2.75, 3.05) is 0 Å². The van der Waals surface area contributed by atoms with Crippen LogP contribution in [0.2, 0.25) is 0 Å². The molecule has 0 bridgehead atoms. The second-order valence-corrected chi connectivity index (χ2v) is 3.53. The summed E-state index contributed by atoms with van der Waals surface area (Å²) in [6.07, 6.45) is 0.419. The highest BCUT2D eigenvalue weighted by molar-refractivity contribution is 6.10. The van der Waals surface area contributed by atoms with Gasteiger partial charge >= 0.3 is 11.9 Å². The summed E-state index contributed by atoms with van der Waals surface area (Å²) in [5.74, 6) is -2.34. The Kier molecular flexibility index (Phi) is 3.18. The maximum Gasteiger partial charge on any atom is 0.328 e. The van der Waals surface area contributed by atoms with E-state index in [1.165, 1.54) is 13.1 Å². The van der Waals surface area contributed by atoms with E-state index in [0.29, 0.717) is 5.69 Å². The highest BCUT2D eigenvalue weighted by Gasteiger charge is 2.35. The van der Waals surface area contributed by atoms with Crippen molar-refractivity contribution in [2.45, 2.75) is 13.2 Å². The lowest BCUT2D eigenvalue weighted by molar-refractivity contribution is -0.203. The monoisotopic (exact) mass is 233 g/mol. The number of rotatable bonds is 2. The van der Waals surface area contributed by atoms with Crippen molar-refractivity contribution in [3.8, 4) is 0 Å². The summed E-state index contributed by atoms with van der Waals surface area (Å²) in [6, 6.07) is 9.00. The molecule has 1 saturated heterocycles. The molecule has 17 heavy (non-hydrogen) atoms. The molecular weight excluding hydrogens is 222 g/mol. The lowest BCUT2D eigenvalue weighted by Gasteiger charge is -2.22. The fraction of sp³-hybridized carbons (Fsp3) is 0.250. The minimum atomic E-state index is -1.08. The summed E-state index contributed by atoms with van der Waals surface area (Å²) < 4.78 is 9.57. The van der Waals surface area contributed by atoms with Crippen molar-refractivity contribution in [3.05, 3.63) is 30.3 Å². The van der Waals surface area contributed by atoms with Crippen LogP contribution in [0.15, 0.2) is 35.3 Å². The average molecular weight is 233 g/mol. The van der Waals surface area contributed by atoms with E-state index in [4.69, 9.17) is 9.47 Å². The van der Waals surface area contributed by atoms with Gasteiger partial charge in [-0.2, -0.15) is 0 Å². The van der Waals surface area contributed by atoms with Crippen molar-refractivity contribution < 1.29 is 19.1 Å². The lowest BCUT2D eigenvalue weighted by Crippen LogP contribution is -2.39.